The van der Waals surface area contributed by atoms with Gasteiger partial charge in [-0.2, -0.15) is 0 Å². The van der Waals surface area contributed by atoms with Gasteiger partial charge in [0.2, 0.25) is 0 Å². The molecule has 0 aliphatic carbocycles. The van der Waals surface area contributed by atoms with Crippen molar-refractivity contribution in [3.8, 4) is 11.1 Å². The average Bonchev–Trinajstić information content (AvgIpc) is 2.19. The van der Waals surface area contributed by atoms with Crippen LogP contribution < -0.4 is 0 Å². The SMILES string of the molecule is Cc1cc[c]c(-c2[c]cccc2)c1. The first-order valence-corrected chi connectivity index (χ1v) is 4.32. The molecule has 0 spiro atoms. The highest BCUT2D eigenvalue weighted by Crippen LogP contribution is 2.18. The van der Waals surface area contributed by atoms with Crippen molar-refractivity contribution in [1.29, 1.82) is 0 Å². The zero-order chi connectivity index (χ0) is 9.10. The molecule has 2 aromatic carbocycles. The highest BCUT2D eigenvalue weighted by Gasteiger charge is 1.95. The minimum atomic E-state index is 1.10. The Labute approximate surface area is 78.9 Å². The van der Waals surface area contributed by atoms with Crippen molar-refractivity contribution < 1.29 is 0 Å². The van der Waals surface area contributed by atoms with E-state index in [0.717, 1.165) is 11.1 Å². The summed E-state index contributed by atoms with van der Waals surface area (Å²) in [6, 6.07) is 20.4. The van der Waals surface area contributed by atoms with E-state index in [1.807, 2.05) is 36.4 Å². The second-order valence-electron chi connectivity index (χ2n) is 3.06. The highest BCUT2D eigenvalue weighted by molar-refractivity contribution is 5.62. The van der Waals surface area contributed by atoms with Crippen LogP contribution in [0.2, 0.25) is 0 Å². The Morgan fingerprint density at radius 2 is 1.77 bits per heavy atom. The van der Waals surface area contributed by atoms with Gasteiger partial charge in [-0.1, -0.05) is 48.0 Å². The molecule has 2 rings (SSSR count). The summed E-state index contributed by atoms with van der Waals surface area (Å²) in [7, 11) is 0. The topological polar surface area (TPSA) is 0 Å². The number of aryl methyl sites for hydroxylation is 1. The van der Waals surface area contributed by atoms with Crippen molar-refractivity contribution in [1.82, 2.24) is 0 Å². The summed E-state index contributed by atoms with van der Waals surface area (Å²) in [5.41, 5.74) is 3.47. The quantitative estimate of drug-likeness (QED) is 0.610. The van der Waals surface area contributed by atoms with Crippen LogP contribution >= 0.6 is 0 Å². The van der Waals surface area contributed by atoms with Crippen LogP contribution in [0, 0.1) is 19.1 Å². The van der Waals surface area contributed by atoms with E-state index in [1.54, 1.807) is 0 Å². The lowest BCUT2D eigenvalue weighted by Crippen LogP contribution is -1.78. The van der Waals surface area contributed by atoms with Gasteiger partial charge in [0.05, 0.1) is 0 Å². The molecule has 0 heteroatoms. The molecule has 0 heterocycles. The van der Waals surface area contributed by atoms with Crippen LogP contribution in [0.1, 0.15) is 5.56 Å². The molecule has 2 radical (unpaired) electrons. The molecule has 0 aromatic heterocycles. The van der Waals surface area contributed by atoms with Gasteiger partial charge in [-0.3, -0.25) is 0 Å². The molecule has 13 heavy (non-hydrogen) atoms. The van der Waals surface area contributed by atoms with Crippen LogP contribution in [-0.2, 0) is 0 Å². The summed E-state index contributed by atoms with van der Waals surface area (Å²) < 4.78 is 0. The van der Waals surface area contributed by atoms with E-state index < -0.39 is 0 Å². The Morgan fingerprint density at radius 1 is 0.923 bits per heavy atom. The van der Waals surface area contributed by atoms with Gasteiger partial charge in [0.25, 0.3) is 0 Å². The molecular formula is C13H10. The molecule has 0 N–H and O–H groups in total. The predicted octanol–water partition coefficient (Wildman–Crippen LogP) is 3.26. The van der Waals surface area contributed by atoms with E-state index in [9.17, 15) is 0 Å². The molecule has 62 valence electrons. The number of benzene rings is 2. The van der Waals surface area contributed by atoms with Gasteiger partial charge in [0, 0.05) is 0 Å². The number of hydrogen-bond donors (Lipinski definition) is 0. The molecule has 0 unspecified atom stereocenters. The zero-order valence-electron chi connectivity index (χ0n) is 7.54. The third-order valence-corrected chi connectivity index (χ3v) is 1.96. The van der Waals surface area contributed by atoms with Crippen molar-refractivity contribution in [3.05, 3.63) is 60.2 Å². The van der Waals surface area contributed by atoms with Gasteiger partial charge < -0.3 is 0 Å². The van der Waals surface area contributed by atoms with E-state index in [2.05, 4.69) is 25.1 Å². The summed E-state index contributed by atoms with van der Waals surface area (Å²) in [5.74, 6) is 0. The monoisotopic (exact) mass is 166 g/mol. The van der Waals surface area contributed by atoms with Gasteiger partial charge >= 0.3 is 0 Å². The first-order chi connectivity index (χ1) is 6.36. The minimum Gasteiger partial charge on any atom is -0.0616 e. The van der Waals surface area contributed by atoms with Gasteiger partial charge in [-0.15, -0.1) is 0 Å². The third kappa shape index (κ3) is 1.78. The fourth-order valence-electron chi connectivity index (χ4n) is 1.30. The lowest BCUT2D eigenvalue weighted by molar-refractivity contribution is 1.46. The highest BCUT2D eigenvalue weighted by atomic mass is 14.0. The molecular weight excluding hydrogens is 156 g/mol. The van der Waals surface area contributed by atoms with Crippen molar-refractivity contribution >= 4 is 0 Å². The maximum absolute atomic E-state index is 3.19. The van der Waals surface area contributed by atoms with Gasteiger partial charge in [-0.25, -0.2) is 0 Å². The summed E-state index contributed by atoms with van der Waals surface area (Å²) in [6.07, 6.45) is 0. The smallest absolute Gasteiger partial charge is 0.00963 e. The Morgan fingerprint density at radius 3 is 2.46 bits per heavy atom. The summed E-state index contributed by atoms with van der Waals surface area (Å²) in [6.45, 7) is 2.08. The zero-order valence-corrected chi connectivity index (χ0v) is 7.54. The molecule has 0 bridgehead atoms. The lowest BCUT2D eigenvalue weighted by atomic mass is 10.0. The second-order valence-corrected chi connectivity index (χ2v) is 3.06. The van der Waals surface area contributed by atoms with E-state index in [4.69, 9.17) is 0 Å². The first-order valence-electron chi connectivity index (χ1n) is 4.32. The standard InChI is InChI=1S/C13H10/c1-11-6-5-9-13(10-11)12-7-3-2-4-8-12/h2-7,10H,1H3. The minimum absolute atomic E-state index is 1.10. The van der Waals surface area contributed by atoms with Crippen LogP contribution in [0.3, 0.4) is 0 Å². The molecule has 0 fully saturated rings. The maximum Gasteiger partial charge on any atom is -0.00963 e. The molecule has 0 amide bonds. The largest absolute Gasteiger partial charge is 0.0616 e. The average molecular weight is 166 g/mol. The van der Waals surface area contributed by atoms with Crippen molar-refractivity contribution in [3.63, 3.8) is 0 Å². The van der Waals surface area contributed by atoms with Crippen molar-refractivity contribution in [2.24, 2.45) is 0 Å². The Hall–Kier alpha value is -1.56. The van der Waals surface area contributed by atoms with E-state index in [1.165, 1.54) is 5.56 Å². The number of hydrogen-bond acceptors (Lipinski definition) is 0. The normalized spacial score (nSPS) is 9.92. The number of rotatable bonds is 1. The molecule has 0 saturated heterocycles. The van der Waals surface area contributed by atoms with Crippen LogP contribution in [-0.4, -0.2) is 0 Å². The molecule has 0 aliphatic rings. The Balaban J connectivity index is 2.48. The van der Waals surface area contributed by atoms with Crippen LogP contribution in [0.4, 0.5) is 0 Å². The maximum atomic E-state index is 3.19. The third-order valence-electron chi connectivity index (χ3n) is 1.96. The summed E-state index contributed by atoms with van der Waals surface area (Å²) in [4.78, 5) is 0. The summed E-state index contributed by atoms with van der Waals surface area (Å²) >= 11 is 0. The van der Waals surface area contributed by atoms with Gasteiger partial charge in [0.15, 0.2) is 0 Å². The summed E-state index contributed by atoms with van der Waals surface area (Å²) in [5, 5.41) is 0. The van der Waals surface area contributed by atoms with E-state index >= 15 is 0 Å². The molecule has 2 aromatic rings. The molecule has 0 aliphatic heterocycles. The first kappa shape index (κ1) is 8.06. The second kappa shape index (κ2) is 3.44. The van der Waals surface area contributed by atoms with Crippen LogP contribution in [0.25, 0.3) is 11.1 Å². The predicted molar refractivity (Wildman–Crippen MR) is 54.3 cm³/mol. The molecule has 0 nitrogen and oxygen atoms in total. The van der Waals surface area contributed by atoms with E-state index in [0.29, 0.717) is 0 Å². The lowest BCUT2D eigenvalue weighted by Gasteiger charge is -2.00. The Bertz CT molecular complexity index is 388. The van der Waals surface area contributed by atoms with Gasteiger partial charge in [0.1, 0.15) is 0 Å². The fraction of sp³-hybridized carbons (Fsp3) is 0.0769. The fourth-order valence-corrected chi connectivity index (χ4v) is 1.30. The molecule has 0 saturated carbocycles. The molecule has 0 atom stereocenters. The van der Waals surface area contributed by atoms with Crippen molar-refractivity contribution in [2.75, 3.05) is 0 Å². The van der Waals surface area contributed by atoms with Gasteiger partial charge in [-0.05, 0) is 30.2 Å². The Kier molecular flexibility index (Phi) is 2.13. The van der Waals surface area contributed by atoms with Crippen molar-refractivity contribution in [2.45, 2.75) is 6.92 Å². The van der Waals surface area contributed by atoms with Crippen LogP contribution in [0.15, 0.2) is 42.5 Å². The van der Waals surface area contributed by atoms with E-state index in [-0.39, 0.29) is 0 Å². The van der Waals surface area contributed by atoms with Crippen LogP contribution in [0.5, 0.6) is 0 Å².